The fourth-order valence-corrected chi connectivity index (χ4v) is 4.20. The van der Waals surface area contributed by atoms with Gasteiger partial charge in [0.2, 0.25) is 0 Å². The number of nitrogens with zero attached hydrogens (tertiary/aromatic N) is 1. The van der Waals surface area contributed by atoms with E-state index in [2.05, 4.69) is 22.5 Å². The maximum absolute atomic E-state index is 12.1. The van der Waals surface area contributed by atoms with Gasteiger partial charge in [-0.2, -0.15) is 0 Å². The van der Waals surface area contributed by atoms with Gasteiger partial charge in [-0.05, 0) is 30.9 Å². The normalized spacial score (nSPS) is 18.7. The summed E-state index contributed by atoms with van der Waals surface area (Å²) in [5.74, 6) is -1.05. The van der Waals surface area contributed by atoms with Gasteiger partial charge in [-0.3, -0.25) is 10.1 Å². The zero-order chi connectivity index (χ0) is 20.8. The third kappa shape index (κ3) is 6.01. The van der Waals surface area contributed by atoms with Crippen LogP contribution in [-0.4, -0.2) is 35.5 Å². The molecule has 3 amide bonds. The van der Waals surface area contributed by atoms with Crippen molar-refractivity contribution in [2.24, 2.45) is 5.92 Å². The van der Waals surface area contributed by atoms with E-state index in [4.69, 9.17) is 16.3 Å². The maximum atomic E-state index is 12.1. The number of halogens is 1. The highest BCUT2D eigenvalue weighted by atomic mass is 35.5. The molecule has 1 aliphatic rings. The van der Waals surface area contributed by atoms with Gasteiger partial charge in [-0.15, -0.1) is 11.3 Å². The molecule has 0 saturated heterocycles. The number of urea groups is 1. The first kappa shape index (κ1) is 21.3. The van der Waals surface area contributed by atoms with Gasteiger partial charge in [0.25, 0.3) is 5.91 Å². The van der Waals surface area contributed by atoms with Gasteiger partial charge in [0.05, 0.1) is 0 Å². The maximum Gasteiger partial charge on any atom is 0.358 e. The van der Waals surface area contributed by atoms with Crippen LogP contribution in [0.25, 0.3) is 10.6 Å². The van der Waals surface area contributed by atoms with E-state index in [1.54, 1.807) is 23.6 Å². The van der Waals surface area contributed by atoms with E-state index in [1.165, 1.54) is 11.3 Å². The number of hydrogen-bond acceptors (Lipinski definition) is 6. The molecule has 0 bridgehead atoms. The number of carbonyl (C=O) groups excluding carboxylic acids is 3. The Bertz CT molecular complexity index is 901. The van der Waals surface area contributed by atoms with E-state index < -0.39 is 24.5 Å². The lowest BCUT2D eigenvalue weighted by Crippen LogP contribution is -2.48. The van der Waals surface area contributed by atoms with Crippen LogP contribution < -0.4 is 10.6 Å². The summed E-state index contributed by atoms with van der Waals surface area (Å²) in [6.07, 6.45) is 4.18. The number of nitrogens with one attached hydrogen (secondary N) is 2. The molecule has 2 unspecified atom stereocenters. The van der Waals surface area contributed by atoms with Gasteiger partial charge in [0.1, 0.15) is 5.01 Å². The fraction of sp³-hybridized carbons (Fsp3) is 0.400. The number of thiazole rings is 1. The molecule has 2 aromatic rings. The monoisotopic (exact) mass is 435 g/mol. The van der Waals surface area contributed by atoms with Crippen LogP contribution in [0, 0.1) is 5.92 Å². The topological polar surface area (TPSA) is 97.4 Å². The largest absolute Gasteiger partial charge is 0.451 e. The second-order valence-electron chi connectivity index (χ2n) is 7.01. The van der Waals surface area contributed by atoms with Crippen molar-refractivity contribution in [2.45, 2.75) is 38.6 Å². The van der Waals surface area contributed by atoms with Crippen molar-refractivity contribution >= 4 is 40.8 Å². The van der Waals surface area contributed by atoms with Crippen LogP contribution in [-0.2, 0) is 9.53 Å². The molecule has 0 aliphatic heterocycles. The smallest absolute Gasteiger partial charge is 0.358 e. The Balaban J connectivity index is 1.46. The Morgan fingerprint density at radius 2 is 2.07 bits per heavy atom. The van der Waals surface area contributed by atoms with Crippen LogP contribution in [0.1, 0.15) is 43.1 Å². The molecular formula is C20H22ClN3O4S. The number of amides is 3. The summed E-state index contributed by atoms with van der Waals surface area (Å²) in [6, 6.07) is 6.60. The molecule has 1 fully saturated rings. The lowest BCUT2D eigenvalue weighted by atomic mass is 9.86. The predicted octanol–water partition coefficient (Wildman–Crippen LogP) is 4.02. The van der Waals surface area contributed by atoms with Gasteiger partial charge < -0.3 is 10.1 Å². The number of imide groups is 1. The van der Waals surface area contributed by atoms with Crippen LogP contribution in [0.5, 0.6) is 0 Å². The highest BCUT2D eigenvalue weighted by molar-refractivity contribution is 7.13. The molecule has 7 nitrogen and oxygen atoms in total. The van der Waals surface area contributed by atoms with Gasteiger partial charge in [0, 0.05) is 22.0 Å². The fourth-order valence-electron chi connectivity index (χ4n) is 3.22. The molecular weight excluding hydrogens is 414 g/mol. The number of rotatable bonds is 5. The molecule has 1 aromatic heterocycles. The molecule has 2 atom stereocenters. The Hall–Kier alpha value is -2.45. The molecule has 2 N–H and O–H groups in total. The number of esters is 1. The molecule has 1 saturated carbocycles. The number of aromatic nitrogens is 1. The first-order valence-electron chi connectivity index (χ1n) is 9.41. The third-order valence-corrected chi connectivity index (χ3v) is 5.93. The first-order chi connectivity index (χ1) is 13.9. The quantitative estimate of drug-likeness (QED) is 0.691. The average molecular weight is 436 g/mol. The third-order valence-electron chi connectivity index (χ3n) is 4.80. The Labute approximate surface area is 177 Å². The second-order valence-corrected chi connectivity index (χ2v) is 8.31. The van der Waals surface area contributed by atoms with Crippen molar-refractivity contribution in [2.75, 3.05) is 6.61 Å². The Morgan fingerprint density at radius 1 is 1.28 bits per heavy atom. The summed E-state index contributed by atoms with van der Waals surface area (Å²) < 4.78 is 4.96. The Kier molecular flexibility index (Phi) is 7.22. The molecule has 1 aliphatic carbocycles. The van der Waals surface area contributed by atoms with Crippen molar-refractivity contribution < 1.29 is 19.1 Å². The lowest BCUT2D eigenvalue weighted by Gasteiger charge is -2.29. The highest BCUT2D eigenvalue weighted by Crippen LogP contribution is 2.26. The van der Waals surface area contributed by atoms with Gasteiger partial charge in [0.15, 0.2) is 12.3 Å². The van der Waals surface area contributed by atoms with Crippen molar-refractivity contribution in [1.29, 1.82) is 0 Å². The highest BCUT2D eigenvalue weighted by Gasteiger charge is 2.23. The standard InChI is InChI=1S/C20H22ClN3O4S/c1-12-5-2-3-8-15(12)23-20(27)24-17(25)10-28-19(26)16-11-29-18(22-16)13-6-4-7-14(21)9-13/h4,6-7,9,11-12,15H,2-3,5,8,10H2,1H3,(H2,23,24,25,27). The van der Waals surface area contributed by atoms with Crippen LogP contribution in [0.2, 0.25) is 5.02 Å². The van der Waals surface area contributed by atoms with E-state index in [0.717, 1.165) is 31.2 Å². The van der Waals surface area contributed by atoms with E-state index >= 15 is 0 Å². The Morgan fingerprint density at radius 3 is 2.83 bits per heavy atom. The summed E-state index contributed by atoms with van der Waals surface area (Å²) >= 11 is 7.24. The van der Waals surface area contributed by atoms with E-state index in [0.29, 0.717) is 15.9 Å². The number of hydrogen-bond donors (Lipinski definition) is 2. The van der Waals surface area contributed by atoms with Crippen LogP contribution in [0.4, 0.5) is 4.79 Å². The van der Waals surface area contributed by atoms with Gasteiger partial charge in [-0.25, -0.2) is 14.6 Å². The molecule has 154 valence electrons. The van der Waals surface area contributed by atoms with E-state index in [9.17, 15) is 14.4 Å². The minimum Gasteiger partial charge on any atom is -0.451 e. The van der Waals surface area contributed by atoms with Gasteiger partial charge in [-0.1, -0.05) is 43.5 Å². The van der Waals surface area contributed by atoms with Crippen LogP contribution in [0.3, 0.4) is 0 Å². The van der Waals surface area contributed by atoms with Crippen LogP contribution in [0.15, 0.2) is 29.6 Å². The molecule has 29 heavy (non-hydrogen) atoms. The zero-order valence-corrected chi connectivity index (χ0v) is 17.5. The van der Waals surface area contributed by atoms with Crippen molar-refractivity contribution in [3.63, 3.8) is 0 Å². The minimum atomic E-state index is -0.731. The summed E-state index contributed by atoms with van der Waals surface area (Å²) in [4.78, 5) is 40.2. The summed E-state index contributed by atoms with van der Waals surface area (Å²) in [7, 11) is 0. The second kappa shape index (κ2) is 9.84. The molecule has 1 heterocycles. The average Bonchev–Trinajstić information content (AvgIpc) is 3.18. The zero-order valence-electron chi connectivity index (χ0n) is 15.9. The van der Waals surface area contributed by atoms with Crippen LogP contribution >= 0.6 is 22.9 Å². The molecule has 9 heteroatoms. The van der Waals surface area contributed by atoms with Gasteiger partial charge >= 0.3 is 12.0 Å². The predicted molar refractivity (Wildman–Crippen MR) is 111 cm³/mol. The summed E-state index contributed by atoms with van der Waals surface area (Å²) in [5.41, 5.74) is 0.881. The van der Waals surface area contributed by atoms with E-state index in [1.807, 2.05) is 6.07 Å². The number of benzene rings is 1. The molecule has 0 spiro atoms. The van der Waals surface area contributed by atoms with E-state index in [-0.39, 0.29) is 11.7 Å². The lowest BCUT2D eigenvalue weighted by molar-refractivity contribution is -0.123. The van der Waals surface area contributed by atoms with Crippen molar-refractivity contribution in [1.82, 2.24) is 15.6 Å². The number of ether oxygens (including phenoxy) is 1. The minimum absolute atomic E-state index is 0.0546. The SMILES string of the molecule is CC1CCCCC1NC(=O)NC(=O)COC(=O)c1csc(-c2cccc(Cl)c2)n1. The van der Waals surface area contributed by atoms with Crippen molar-refractivity contribution in [3.8, 4) is 10.6 Å². The summed E-state index contributed by atoms with van der Waals surface area (Å²) in [5, 5.41) is 7.74. The molecule has 1 aromatic carbocycles. The molecule has 0 radical (unpaired) electrons. The number of carbonyl (C=O) groups is 3. The molecule has 3 rings (SSSR count). The first-order valence-corrected chi connectivity index (χ1v) is 10.7. The van der Waals surface area contributed by atoms with Crippen molar-refractivity contribution in [3.05, 3.63) is 40.4 Å². The summed E-state index contributed by atoms with van der Waals surface area (Å²) in [6.45, 7) is 1.52.